The average Bonchev–Trinajstić information content (AvgIpc) is 2.41. The molecule has 90 valence electrons. The van der Waals surface area contributed by atoms with Crippen LogP contribution in [0.1, 0.15) is 53.9 Å². The molecule has 0 aromatic carbocycles. The fourth-order valence-corrected chi connectivity index (χ4v) is 2.64. The predicted octanol–water partition coefficient (Wildman–Crippen LogP) is 3.79. The Kier molecular flexibility index (Phi) is 5.11. The van der Waals surface area contributed by atoms with Gasteiger partial charge in [0.25, 0.3) is 0 Å². The summed E-state index contributed by atoms with van der Waals surface area (Å²) in [6, 6.07) is 0.760. The molecule has 1 nitrogen and oxygen atoms in total. The molecular formula is C14H29N. The summed E-state index contributed by atoms with van der Waals surface area (Å²) in [7, 11) is 0. The van der Waals surface area contributed by atoms with Crippen LogP contribution >= 0.6 is 0 Å². The minimum Gasteiger partial charge on any atom is -0.300 e. The second-order valence-corrected chi connectivity index (χ2v) is 5.96. The van der Waals surface area contributed by atoms with Crippen LogP contribution in [0, 0.1) is 17.8 Å². The van der Waals surface area contributed by atoms with Crippen molar-refractivity contribution in [3.63, 3.8) is 0 Å². The van der Waals surface area contributed by atoms with Crippen LogP contribution in [0.3, 0.4) is 0 Å². The molecule has 0 N–H and O–H groups in total. The Balaban J connectivity index is 2.45. The SMILES string of the molecule is CC(C)C1CCCN(C(C)C(C)C)CC1. The van der Waals surface area contributed by atoms with Crippen molar-refractivity contribution in [1.82, 2.24) is 4.90 Å². The van der Waals surface area contributed by atoms with E-state index in [1.165, 1.54) is 32.4 Å². The first-order valence-corrected chi connectivity index (χ1v) is 6.76. The van der Waals surface area contributed by atoms with Gasteiger partial charge in [-0.3, -0.25) is 0 Å². The topological polar surface area (TPSA) is 3.24 Å². The molecule has 0 aliphatic carbocycles. The van der Waals surface area contributed by atoms with Gasteiger partial charge in [-0.1, -0.05) is 27.7 Å². The highest BCUT2D eigenvalue weighted by atomic mass is 15.2. The van der Waals surface area contributed by atoms with Crippen LogP contribution in [0.5, 0.6) is 0 Å². The summed E-state index contributed by atoms with van der Waals surface area (Å²) in [5, 5.41) is 0. The molecule has 1 saturated heterocycles. The van der Waals surface area contributed by atoms with E-state index in [-0.39, 0.29) is 0 Å². The number of hydrogen-bond donors (Lipinski definition) is 0. The Labute approximate surface area is 96.2 Å². The van der Waals surface area contributed by atoms with Crippen molar-refractivity contribution in [3.8, 4) is 0 Å². The fraction of sp³-hybridized carbons (Fsp3) is 1.00. The van der Waals surface area contributed by atoms with Crippen molar-refractivity contribution < 1.29 is 0 Å². The summed E-state index contributed by atoms with van der Waals surface area (Å²) in [5.41, 5.74) is 0. The third-order valence-corrected chi connectivity index (χ3v) is 4.29. The van der Waals surface area contributed by atoms with Gasteiger partial charge in [-0.25, -0.2) is 0 Å². The lowest BCUT2D eigenvalue weighted by atomic mass is 9.89. The monoisotopic (exact) mass is 211 g/mol. The van der Waals surface area contributed by atoms with Crippen molar-refractivity contribution in [2.45, 2.75) is 59.9 Å². The molecule has 0 bridgehead atoms. The van der Waals surface area contributed by atoms with E-state index in [1.54, 1.807) is 0 Å². The normalized spacial score (nSPS) is 27.0. The molecule has 1 heterocycles. The van der Waals surface area contributed by atoms with Gasteiger partial charge in [-0.05, 0) is 57.0 Å². The lowest BCUT2D eigenvalue weighted by molar-refractivity contribution is 0.171. The summed E-state index contributed by atoms with van der Waals surface area (Å²) in [4.78, 5) is 2.70. The molecule has 2 unspecified atom stereocenters. The molecule has 1 aliphatic rings. The highest BCUT2D eigenvalue weighted by molar-refractivity contribution is 4.76. The van der Waals surface area contributed by atoms with E-state index in [0.29, 0.717) is 0 Å². The Bertz CT molecular complexity index is 174. The van der Waals surface area contributed by atoms with Crippen molar-refractivity contribution in [2.24, 2.45) is 17.8 Å². The molecule has 0 amide bonds. The fourth-order valence-electron chi connectivity index (χ4n) is 2.64. The first-order valence-electron chi connectivity index (χ1n) is 6.76. The smallest absolute Gasteiger partial charge is 0.00899 e. The number of hydrogen-bond acceptors (Lipinski definition) is 1. The van der Waals surface area contributed by atoms with E-state index in [1.807, 2.05) is 0 Å². The molecule has 1 rings (SSSR count). The Morgan fingerprint density at radius 1 is 0.933 bits per heavy atom. The van der Waals surface area contributed by atoms with E-state index in [9.17, 15) is 0 Å². The zero-order valence-electron chi connectivity index (χ0n) is 11.3. The van der Waals surface area contributed by atoms with E-state index in [2.05, 4.69) is 39.5 Å². The van der Waals surface area contributed by atoms with Gasteiger partial charge in [-0.15, -0.1) is 0 Å². The molecule has 15 heavy (non-hydrogen) atoms. The van der Waals surface area contributed by atoms with E-state index in [4.69, 9.17) is 0 Å². The summed E-state index contributed by atoms with van der Waals surface area (Å²) in [6.45, 7) is 14.5. The van der Waals surface area contributed by atoms with Crippen molar-refractivity contribution >= 4 is 0 Å². The summed E-state index contributed by atoms with van der Waals surface area (Å²) < 4.78 is 0. The molecular weight excluding hydrogens is 182 g/mol. The van der Waals surface area contributed by atoms with Crippen LogP contribution in [0.2, 0.25) is 0 Å². The molecule has 1 fully saturated rings. The quantitative estimate of drug-likeness (QED) is 0.686. The van der Waals surface area contributed by atoms with Gasteiger partial charge < -0.3 is 4.90 Å². The standard InChI is InChI=1S/C14H29N/c1-11(2)13(5)15-9-6-7-14(8-10-15)12(3)4/h11-14H,6-10H2,1-5H3. The lowest BCUT2D eigenvalue weighted by Gasteiger charge is -2.30. The third kappa shape index (κ3) is 3.79. The molecule has 0 spiro atoms. The van der Waals surface area contributed by atoms with Gasteiger partial charge in [0, 0.05) is 6.04 Å². The molecule has 2 atom stereocenters. The zero-order chi connectivity index (χ0) is 11.4. The maximum Gasteiger partial charge on any atom is 0.00899 e. The Morgan fingerprint density at radius 3 is 2.13 bits per heavy atom. The molecule has 0 saturated carbocycles. The minimum absolute atomic E-state index is 0.760. The molecule has 0 radical (unpaired) electrons. The number of nitrogens with zero attached hydrogens (tertiary/aromatic N) is 1. The molecule has 0 aromatic rings. The zero-order valence-corrected chi connectivity index (χ0v) is 11.3. The van der Waals surface area contributed by atoms with Gasteiger partial charge in [0.2, 0.25) is 0 Å². The Hall–Kier alpha value is -0.0400. The first kappa shape index (κ1) is 13.0. The Morgan fingerprint density at radius 2 is 1.60 bits per heavy atom. The maximum atomic E-state index is 2.70. The highest BCUT2D eigenvalue weighted by Gasteiger charge is 2.23. The second kappa shape index (κ2) is 5.89. The largest absolute Gasteiger partial charge is 0.300 e. The van der Waals surface area contributed by atoms with E-state index >= 15 is 0 Å². The van der Waals surface area contributed by atoms with Crippen LogP contribution in [0.15, 0.2) is 0 Å². The van der Waals surface area contributed by atoms with Crippen LogP contribution < -0.4 is 0 Å². The van der Waals surface area contributed by atoms with Crippen LogP contribution in [0.4, 0.5) is 0 Å². The van der Waals surface area contributed by atoms with Gasteiger partial charge in [0.05, 0.1) is 0 Å². The highest BCUT2D eigenvalue weighted by Crippen LogP contribution is 2.26. The first-order chi connectivity index (χ1) is 7.02. The van der Waals surface area contributed by atoms with Crippen LogP contribution in [-0.2, 0) is 0 Å². The van der Waals surface area contributed by atoms with E-state index < -0.39 is 0 Å². The minimum atomic E-state index is 0.760. The molecule has 0 aromatic heterocycles. The van der Waals surface area contributed by atoms with Crippen LogP contribution in [-0.4, -0.2) is 24.0 Å². The van der Waals surface area contributed by atoms with Gasteiger partial charge in [0.1, 0.15) is 0 Å². The number of rotatable bonds is 3. The van der Waals surface area contributed by atoms with Crippen LogP contribution in [0.25, 0.3) is 0 Å². The van der Waals surface area contributed by atoms with E-state index in [0.717, 1.165) is 23.8 Å². The summed E-state index contributed by atoms with van der Waals surface area (Å²) in [6.07, 6.45) is 4.26. The lowest BCUT2D eigenvalue weighted by Crippen LogP contribution is -2.37. The van der Waals surface area contributed by atoms with Gasteiger partial charge in [-0.2, -0.15) is 0 Å². The summed E-state index contributed by atoms with van der Waals surface area (Å²) in [5.74, 6) is 2.63. The van der Waals surface area contributed by atoms with Crippen molar-refractivity contribution in [3.05, 3.63) is 0 Å². The van der Waals surface area contributed by atoms with Gasteiger partial charge >= 0.3 is 0 Å². The average molecular weight is 211 g/mol. The number of likely N-dealkylation sites (tertiary alicyclic amines) is 1. The predicted molar refractivity (Wildman–Crippen MR) is 68.1 cm³/mol. The summed E-state index contributed by atoms with van der Waals surface area (Å²) >= 11 is 0. The molecule has 1 aliphatic heterocycles. The van der Waals surface area contributed by atoms with Crippen molar-refractivity contribution in [1.29, 1.82) is 0 Å². The van der Waals surface area contributed by atoms with Gasteiger partial charge in [0.15, 0.2) is 0 Å². The third-order valence-electron chi connectivity index (χ3n) is 4.29. The molecule has 1 heteroatoms. The second-order valence-electron chi connectivity index (χ2n) is 5.96. The van der Waals surface area contributed by atoms with Crippen molar-refractivity contribution in [2.75, 3.05) is 13.1 Å². The maximum absolute atomic E-state index is 2.70.